The summed E-state index contributed by atoms with van der Waals surface area (Å²) in [6.07, 6.45) is 1.94. The van der Waals surface area contributed by atoms with Gasteiger partial charge < -0.3 is 10.2 Å². The van der Waals surface area contributed by atoms with Crippen molar-refractivity contribution < 1.29 is 15.0 Å². The predicted molar refractivity (Wildman–Crippen MR) is 62.8 cm³/mol. The van der Waals surface area contributed by atoms with Crippen LogP contribution in [0, 0.1) is 6.92 Å². The smallest absolute Gasteiger partial charge is 0.314 e. The van der Waals surface area contributed by atoms with Crippen LogP contribution in [0.15, 0.2) is 12.1 Å². The molecule has 0 saturated heterocycles. The molecule has 0 radical (unpaired) electrons. The van der Waals surface area contributed by atoms with Crippen LogP contribution in [0.25, 0.3) is 0 Å². The summed E-state index contributed by atoms with van der Waals surface area (Å²) in [5, 5.41) is 18.9. The summed E-state index contributed by atoms with van der Waals surface area (Å²) in [6, 6.07) is 3.89. The van der Waals surface area contributed by atoms with E-state index in [0.717, 1.165) is 9.75 Å². The lowest BCUT2D eigenvalue weighted by atomic mass is 9.72. The Hall–Kier alpha value is -0.870. The van der Waals surface area contributed by atoms with Gasteiger partial charge in [-0.15, -0.1) is 11.3 Å². The van der Waals surface area contributed by atoms with Crippen molar-refractivity contribution in [2.45, 2.75) is 44.1 Å². The Balaban J connectivity index is 2.33. The van der Waals surface area contributed by atoms with Crippen LogP contribution in [0.2, 0.25) is 0 Å². The average Bonchev–Trinajstić information content (AvgIpc) is 2.66. The van der Waals surface area contributed by atoms with Gasteiger partial charge in [-0.3, -0.25) is 4.79 Å². The molecule has 0 bridgehead atoms. The van der Waals surface area contributed by atoms with E-state index in [4.69, 9.17) is 0 Å². The van der Waals surface area contributed by atoms with E-state index in [1.807, 2.05) is 19.1 Å². The molecule has 2 rings (SSSR count). The minimum atomic E-state index is -0.752. The largest absolute Gasteiger partial charge is 0.481 e. The minimum Gasteiger partial charge on any atom is -0.481 e. The summed E-state index contributed by atoms with van der Waals surface area (Å²) in [7, 11) is 0. The first-order valence-corrected chi connectivity index (χ1v) is 6.34. The maximum absolute atomic E-state index is 11.5. The molecule has 88 valence electrons. The van der Waals surface area contributed by atoms with E-state index in [2.05, 4.69) is 0 Å². The number of aliphatic hydroxyl groups excluding tert-OH is 1. The number of aryl methyl sites for hydroxylation is 1. The van der Waals surface area contributed by atoms with Gasteiger partial charge in [-0.25, -0.2) is 0 Å². The zero-order chi connectivity index (χ0) is 11.8. The predicted octanol–water partition coefficient (Wildman–Crippen LogP) is 2.31. The summed E-state index contributed by atoms with van der Waals surface area (Å²) >= 11 is 1.56. The van der Waals surface area contributed by atoms with Crippen molar-refractivity contribution in [1.29, 1.82) is 0 Å². The molecule has 1 aliphatic carbocycles. The van der Waals surface area contributed by atoms with Gasteiger partial charge in [-0.05, 0) is 44.7 Å². The lowest BCUT2D eigenvalue weighted by Gasteiger charge is -2.34. The van der Waals surface area contributed by atoms with Crippen molar-refractivity contribution >= 4 is 17.3 Å². The molecule has 3 nitrogen and oxygen atoms in total. The lowest BCUT2D eigenvalue weighted by molar-refractivity contribution is -0.146. The third kappa shape index (κ3) is 1.87. The number of carboxylic acid groups (broad SMARTS) is 1. The van der Waals surface area contributed by atoms with Gasteiger partial charge >= 0.3 is 5.97 Å². The number of carbonyl (C=O) groups is 1. The number of carboxylic acids is 1. The summed E-state index contributed by atoms with van der Waals surface area (Å²) in [4.78, 5) is 13.6. The third-order valence-electron chi connectivity index (χ3n) is 3.43. The molecule has 1 fully saturated rings. The van der Waals surface area contributed by atoms with Crippen molar-refractivity contribution in [2.75, 3.05) is 0 Å². The Kier molecular flexibility index (Phi) is 3.04. The van der Waals surface area contributed by atoms with E-state index in [9.17, 15) is 15.0 Å². The molecular weight excluding hydrogens is 224 g/mol. The van der Waals surface area contributed by atoms with Gasteiger partial charge in [0.25, 0.3) is 0 Å². The Morgan fingerprint density at radius 3 is 2.50 bits per heavy atom. The average molecular weight is 240 g/mol. The second kappa shape index (κ2) is 4.18. The first kappa shape index (κ1) is 11.6. The van der Waals surface area contributed by atoms with Crippen LogP contribution in [-0.4, -0.2) is 22.3 Å². The van der Waals surface area contributed by atoms with Gasteiger partial charge in [0.1, 0.15) is 5.41 Å². The maximum Gasteiger partial charge on any atom is 0.314 e. The molecule has 1 aromatic rings. The van der Waals surface area contributed by atoms with Gasteiger partial charge in [0, 0.05) is 9.75 Å². The highest BCUT2D eigenvalue weighted by Gasteiger charge is 2.44. The van der Waals surface area contributed by atoms with Gasteiger partial charge in [0.2, 0.25) is 0 Å². The number of hydrogen-bond acceptors (Lipinski definition) is 3. The highest BCUT2D eigenvalue weighted by molar-refractivity contribution is 7.12. The second-order valence-corrected chi connectivity index (χ2v) is 5.82. The Morgan fingerprint density at radius 1 is 1.44 bits per heavy atom. The molecule has 1 aliphatic rings. The summed E-state index contributed by atoms with van der Waals surface area (Å²) in [5.74, 6) is -0.749. The topological polar surface area (TPSA) is 57.5 Å². The highest BCUT2D eigenvalue weighted by Crippen LogP contribution is 2.42. The molecule has 1 saturated carbocycles. The Labute approximate surface area is 98.7 Å². The fraction of sp³-hybridized carbons (Fsp3) is 0.583. The molecule has 0 amide bonds. The minimum absolute atomic E-state index is 0.325. The monoisotopic (exact) mass is 240 g/mol. The van der Waals surface area contributed by atoms with Crippen LogP contribution in [0.1, 0.15) is 35.4 Å². The van der Waals surface area contributed by atoms with Crippen LogP contribution >= 0.6 is 11.3 Å². The molecule has 4 heteroatoms. The number of thiophene rings is 1. The molecule has 0 atom stereocenters. The fourth-order valence-electron chi connectivity index (χ4n) is 2.35. The summed E-state index contributed by atoms with van der Waals surface area (Å²) in [6.45, 7) is 1.99. The second-order valence-electron chi connectivity index (χ2n) is 4.53. The van der Waals surface area contributed by atoms with Crippen molar-refractivity contribution in [3.8, 4) is 0 Å². The van der Waals surface area contributed by atoms with Gasteiger partial charge in [-0.1, -0.05) is 0 Å². The van der Waals surface area contributed by atoms with Gasteiger partial charge in [0.15, 0.2) is 0 Å². The van der Waals surface area contributed by atoms with Crippen molar-refractivity contribution in [1.82, 2.24) is 0 Å². The van der Waals surface area contributed by atoms with Crippen molar-refractivity contribution in [3.63, 3.8) is 0 Å². The molecule has 16 heavy (non-hydrogen) atoms. The third-order valence-corrected chi connectivity index (χ3v) is 4.63. The first-order chi connectivity index (χ1) is 7.54. The number of aliphatic hydroxyl groups is 1. The number of hydrogen-bond donors (Lipinski definition) is 2. The number of aliphatic carboxylic acids is 1. The van der Waals surface area contributed by atoms with E-state index in [1.165, 1.54) is 0 Å². The molecule has 0 aliphatic heterocycles. The SMILES string of the molecule is Cc1ccc(C2(C(=O)O)CCC(O)CC2)s1. The maximum atomic E-state index is 11.5. The Bertz CT molecular complexity index is 389. The molecular formula is C12H16O3S. The van der Waals surface area contributed by atoms with Crippen LogP contribution in [0.4, 0.5) is 0 Å². The molecule has 1 aromatic heterocycles. The van der Waals surface area contributed by atoms with E-state index < -0.39 is 11.4 Å². The van der Waals surface area contributed by atoms with Crippen LogP contribution in [0.3, 0.4) is 0 Å². The summed E-state index contributed by atoms with van der Waals surface area (Å²) in [5.41, 5.74) is -0.752. The van der Waals surface area contributed by atoms with Crippen molar-refractivity contribution in [3.05, 3.63) is 21.9 Å². The molecule has 0 spiro atoms. The Morgan fingerprint density at radius 2 is 2.06 bits per heavy atom. The van der Waals surface area contributed by atoms with E-state index in [0.29, 0.717) is 25.7 Å². The van der Waals surface area contributed by atoms with Gasteiger partial charge in [0.05, 0.1) is 6.10 Å². The van der Waals surface area contributed by atoms with Crippen LogP contribution in [-0.2, 0) is 10.2 Å². The van der Waals surface area contributed by atoms with Crippen LogP contribution < -0.4 is 0 Å². The molecule has 2 N–H and O–H groups in total. The van der Waals surface area contributed by atoms with E-state index >= 15 is 0 Å². The lowest BCUT2D eigenvalue weighted by Crippen LogP contribution is -2.40. The zero-order valence-electron chi connectivity index (χ0n) is 9.27. The molecule has 1 heterocycles. The van der Waals surface area contributed by atoms with Gasteiger partial charge in [-0.2, -0.15) is 0 Å². The number of rotatable bonds is 2. The standard InChI is InChI=1S/C12H16O3S/c1-8-2-3-10(16-8)12(11(14)15)6-4-9(13)5-7-12/h2-3,9,13H,4-7H2,1H3,(H,14,15). The highest BCUT2D eigenvalue weighted by atomic mass is 32.1. The molecule has 0 unspecified atom stereocenters. The normalized spacial score (nSPS) is 30.2. The van der Waals surface area contributed by atoms with Crippen LogP contribution in [0.5, 0.6) is 0 Å². The van der Waals surface area contributed by atoms with E-state index in [1.54, 1.807) is 11.3 Å². The quantitative estimate of drug-likeness (QED) is 0.834. The zero-order valence-corrected chi connectivity index (χ0v) is 10.1. The first-order valence-electron chi connectivity index (χ1n) is 5.53. The fourth-order valence-corrected chi connectivity index (χ4v) is 3.46. The molecule has 0 aromatic carbocycles. The summed E-state index contributed by atoms with van der Waals surface area (Å²) < 4.78 is 0. The van der Waals surface area contributed by atoms with E-state index in [-0.39, 0.29) is 6.10 Å². The van der Waals surface area contributed by atoms with Crippen molar-refractivity contribution in [2.24, 2.45) is 0 Å².